The van der Waals surface area contributed by atoms with Crippen LogP contribution in [0.4, 0.5) is 4.79 Å². The molecule has 1 aromatic heterocycles. The van der Waals surface area contributed by atoms with Crippen molar-refractivity contribution in [2.24, 2.45) is 0 Å². The molecular formula is C24H27NO7S. The number of methoxy groups -OCH3 is 2. The van der Waals surface area contributed by atoms with Gasteiger partial charge in [-0.3, -0.25) is 4.79 Å². The lowest BCUT2D eigenvalue weighted by molar-refractivity contribution is 0.197. The van der Waals surface area contributed by atoms with Gasteiger partial charge < -0.3 is 28.7 Å². The summed E-state index contributed by atoms with van der Waals surface area (Å²) in [7, 11) is 2.95. The van der Waals surface area contributed by atoms with Gasteiger partial charge in [0.2, 0.25) is 5.75 Å². The molecule has 0 bridgehead atoms. The van der Waals surface area contributed by atoms with Gasteiger partial charge >= 0.3 is 6.09 Å². The van der Waals surface area contributed by atoms with E-state index in [1.807, 2.05) is 27.7 Å². The van der Waals surface area contributed by atoms with Gasteiger partial charge in [0, 0.05) is 23.1 Å². The fourth-order valence-electron chi connectivity index (χ4n) is 3.07. The lowest BCUT2D eigenvalue weighted by Crippen LogP contribution is -2.32. The van der Waals surface area contributed by atoms with Gasteiger partial charge in [-0.25, -0.2) is 4.79 Å². The Morgan fingerprint density at radius 2 is 1.67 bits per heavy atom. The van der Waals surface area contributed by atoms with E-state index in [9.17, 15) is 9.59 Å². The number of benzene rings is 2. The van der Waals surface area contributed by atoms with Crippen LogP contribution in [0.1, 0.15) is 27.7 Å². The Morgan fingerprint density at radius 1 is 1.00 bits per heavy atom. The third-order valence-corrected chi connectivity index (χ3v) is 5.21. The minimum atomic E-state index is -0.519. The molecular weight excluding hydrogens is 446 g/mol. The first kappa shape index (κ1) is 24.3. The zero-order valence-corrected chi connectivity index (χ0v) is 20.2. The molecule has 0 radical (unpaired) electrons. The van der Waals surface area contributed by atoms with Gasteiger partial charge in [-0.1, -0.05) is 11.8 Å². The molecule has 8 nitrogen and oxygen atoms in total. The lowest BCUT2D eigenvalue weighted by atomic mass is 10.1. The zero-order chi connectivity index (χ0) is 24.1. The molecule has 0 aliphatic heterocycles. The van der Waals surface area contributed by atoms with Gasteiger partial charge in [-0.05, 0) is 52.0 Å². The summed E-state index contributed by atoms with van der Waals surface area (Å²) in [6, 6.07) is 9.90. The van der Waals surface area contributed by atoms with Crippen LogP contribution in [0.15, 0.2) is 55.6 Å². The summed E-state index contributed by atoms with van der Waals surface area (Å²) in [6.45, 7) is 7.47. The molecule has 2 aromatic carbocycles. The second kappa shape index (κ2) is 10.5. The highest BCUT2D eigenvalue weighted by molar-refractivity contribution is 7.99. The van der Waals surface area contributed by atoms with Crippen molar-refractivity contribution in [3.63, 3.8) is 0 Å². The molecule has 1 N–H and O–H groups in total. The molecule has 0 spiro atoms. The van der Waals surface area contributed by atoms with Gasteiger partial charge in [0.15, 0.2) is 22.0 Å². The monoisotopic (exact) mass is 473 g/mol. The molecule has 0 atom stereocenters. The topological polar surface area (TPSA) is 96.2 Å². The number of nitrogens with one attached hydrogen (secondary N) is 1. The predicted octanol–water partition coefficient (Wildman–Crippen LogP) is 5.25. The molecule has 0 aliphatic rings. The maximum Gasteiger partial charge on any atom is 0.412 e. The van der Waals surface area contributed by atoms with Crippen molar-refractivity contribution in [1.82, 2.24) is 5.32 Å². The van der Waals surface area contributed by atoms with Crippen molar-refractivity contribution in [3.05, 3.63) is 46.6 Å². The van der Waals surface area contributed by atoms with Crippen LogP contribution in [0.3, 0.4) is 0 Å². The molecule has 1 amide bonds. The van der Waals surface area contributed by atoms with Crippen LogP contribution in [0.25, 0.3) is 11.0 Å². The molecule has 0 saturated carbocycles. The molecule has 0 saturated heterocycles. The minimum absolute atomic E-state index is 0.0202. The quantitative estimate of drug-likeness (QED) is 0.474. The van der Waals surface area contributed by atoms with Crippen molar-refractivity contribution < 1.29 is 28.2 Å². The molecule has 0 fully saturated rings. The van der Waals surface area contributed by atoms with E-state index in [-0.39, 0.29) is 28.7 Å². The average molecular weight is 474 g/mol. The maximum absolute atomic E-state index is 12.9. The van der Waals surface area contributed by atoms with Gasteiger partial charge in [0.1, 0.15) is 16.7 Å². The Balaban J connectivity index is 1.91. The Hall–Kier alpha value is -3.33. The third kappa shape index (κ3) is 5.92. The largest absolute Gasteiger partial charge is 0.492 e. The van der Waals surface area contributed by atoms with Crippen LogP contribution < -0.4 is 29.7 Å². The Labute approximate surface area is 196 Å². The number of carbonyl (C=O) groups excluding carboxylic acids is 1. The van der Waals surface area contributed by atoms with Gasteiger partial charge in [0.05, 0.1) is 20.3 Å². The molecule has 1 heterocycles. The van der Waals surface area contributed by atoms with Crippen molar-refractivity contribution in [1.29, 1.82) is 0 Å². The molecule has 9 heteroatoms. The third-order valence-electron chi connectivity index (χ3n) is 4.30. The molecule has 0 unspecified atom stereocenters. The van der Waals surface area contributed by atoms with Crippen molar-refractivity contribution in [3.8, 4) is 23.0 Å². The van der Waals surface area contributed by atoms with Gasteiger partial charge in [-0.2, -0.15) is 0 Å². The summed E-state index contributed by atoms with van der Waals surface area (Å²) in [5.41, 5.74) is 0.0546. The van der Waals surface area contributed by atoms with E-state index in [2.05, 4.69) is 5.32 Å². The van der Waals surface area contributed by atoms with Gasteiger partial charge in [-0.15, -0.1) is 0 Å². The van der Waals surface area contributed by atoms with E-state index in [0.29, 0.717) is 27.9 Å². The summed E-state index contributed by atoms with van der Waals surface area (Å²) in [5, 5.41) is 3.32. The first-order valence-electron chi connectivity index (χ1n) is 10.4. The number of fused-ring (bicyclic) bond motifs is 1. The number of ether oxygens (including phenoxy) is 4. The van der Waals surface area contributed by atoms with Crippen LogP contribution in [0, 0.1) is 0 Å². The average Bonchev–Trinajstić information content (AvgIpc) is 2.73. The summed E-state index contributed by atoms with van der Waals surface area (Å²) in [4.78, 5) is 25.5. The second-order valence-corrected chi connectivity index (χ2v) is 8.75. The summed E-state index contributed by atoms with van der Waals surface area (Å²) in [6.07, 6.45) is -0.636. The summed E-state index contributed by atoms with van der Waals surface area (Å²) >= 11 is 1.26. The van der Waals surface area contributed by atoms with Crippen LogP contribution in [0.2, 0.25) is 0 Å². The smallest absolute Gasteiger partial charge is 0.412 e. The standard InChI is InChI=1S/C24H27NO7S/c1-13(2)25-24(27)31-15-7-9-16(10-8-15)33-20-11-17(26)21-18(32-20)12-19(30-14(3)4)22(28-5)23(21)29-6/h7-14H,1-6H3,(H,25,27). The molecule has 0 aliphatic carbocycles. The first-order valence-corrected chi connectivity index (χ1v) is 11.2. The summed E-state index contributed by atoms with van der Waals surface area (Å²) in [5.74, 6) is 1.42. The highest BCUT2D eigenvalue weighted by atomic mass is 32.2. The van der Waals surface area contributed by atoms with Crippen molar-refractivity contribution >= 4 is 28.8 Å². The molecule has 33 heavy (non-hydrogen) atoms. The van der Waals surface area contributed by atoms with Crippen LogP contribution in [0.5, 0.6) is 23.0 Å². The minimum Gasteiger partial charge on any atom is -0.492 e. The number of hydrogen-bond acceptors (Lipinski definition) is 8. The van der Waals surface area contributed by atoms with Gasteiger partial charge in [0.25, 0.3) is 0 Å². The van der Waals surface area contributed by atoms with E-state index in [1.165, 1.54) is 32.0 Å². The van der Waals surface area contributed by atoms with E-state index in [1.54, 1.807) is 30.3 Å². The van der Waals surface area contributed by atoms with E-state index < -0.39 is 6.09 Å². The molecule has 3 aromatic rings. The van der Waals surface area contributed by atoms with Crippen LogP contribution in [-0.4, -0.2) is 32.5 Å². The normalized spacial score (nSPS) is 11.0. The Bertz CT molecular complexity index is 1190. The van der Waals surface area contributed by atoms with Crippen LogP contribution >= 0.6 is 11.8 Å². The Morgan fingerprint density at radius 3 is 2.24 bits per heavy atom. The predicted molar refractivity (Wildman–Crippen MR) is 126 cm³/mol. The SMILES string of the molecule is COc1c(OC(C)C)cc2oc(Sc3ccc(OC(=O)NC(C)C)cc3)cc(=O)c2c1OC. The molecule has 176 valence electrons. The zero-order valence-electron chi connectivity index (χ0n) is 19.4. The first-order chi connectivity index (χ1) is 15.7. The van der Waals surface area contributed by atoms with Crippen molar-refractivity contribution in [2.45, 2.75) is 49.8 Å². The number of rotatable bonds is 8. The highest BCUT2D eigenvalue weighted by Gasteiger charge is 2.21. The molecule has 3 rings (SSSR count). The maximum atomic E-state index is 12.9. The van der Waals surface area contributed by atoms with E-state index in [4.69, 9.17) is 23.4 Å². The van der Waals surface area contributed by atoms with Crippen LogP contribution in [-0.2, 0) is 0 Å². The fraction of sp³-hybridized carbons (Fsp3) is 0.333. The lowest BCUT2D eigenvalue weighted by Gasteiger charge is -2.17. The summed E-state index contributed by atoms with van der Waals surface area (Å²) < 4.78 is 28.0. The fourth-order valence-corrected chi connectivity index (χ4v) is 3.87. The van der Waals surface area contributed by atoms with Crippen molar-refractivity contribution in [2.75, 3.05) is 14.2 Å². The van der Waals surface area contributed by atoms with E-state index >= 15 is 0 Å². The number of carbonyl (C=O) groups is 1. The van der Waals surface area contributed by atoms with E-state index in [0.717, 1.165) is 4.90 Å². The highest BCUT2D eigenvalue weighted by Crippen LogP contribution is 2.43. The Kier molecular flexibility index (Phi) is 7.75. The number of amides is 1. The number of hydrogen-bond donors (Lipinski definition) is 1. The second-order valence-electron chi connectivity index (χ2n) is 7.67.